The summed E-state index contributed by atoms with van der Waals surface area (Å²) < 4.78 is 13.7. The number of anilines is 1. The van der Waals surface area contributed by atoms with Crippen LogP contribution in [-0.4, -0.2) is 28.2 Å². The summed E-state index contributed by atoms with van der Waals surface area (Å²) in [6.45, 7) is 0.549. The number of nitrogens with one attached hydrogen (secondary N) is 1. The van der Waals surface area contributed by atoms with E-state index in [1.807, 2.05) is 30.3 Å². The fourth-order valence-corrected chi connectivity index (χ4v) is 3.70. The molecule has 1 N–H and O–H groups in total. The zero-order chi connectivity index (χ0) is 19.5. The molecule has 1 fully saturated rings. The van der Waals surface area contributed by atoms with Crippen molar-refractivity contribution >= 4 is 28.4 Å². The predicted octanol–water partition coefficient (Wildman–Crippen LogP) is 4.07. The third-order valence-electron chi connectivity index (χ3n) is 5.06. The molecule has 2 aromatic carbocycles. The number of hydrogen-bond acceptors (Lipinski definition) is 3. The van der Waals surface area contributed by atoms with Gasteiger partial charge in [0.2, 0.25) is 0 Å². The Morgan fingerprint density at radius 3 is 2.71 bits per heavy atom. The Kier molecular flexibility index (Phi) is 5.02. The second-order valence-corrected chi connectivity index (χ2v) is 6.91. The number of carbonyl (C=O) groups is 2. The highest BCUT2D eigenvalue weighted by Gasteiger charge is 2.31. The van der Waals surface area contributed by atoms with Crippen LogP contribution >= 0.6 is 0 Å². The number of aromatic nitrogens is 1. The second-order valence-electron chi connectivity index (χ2n) is 6.91. The van der Waals surface area contributed by atoms with Crippen molar-refractivity contribution in [2.75, 3.05) is 11.9 Å². The highest BCUT2D eigenvalue weighted by atomic mass is 19.1. The average Bonchev–Trinajstić information content (AvgIpc) is 2.74. The number of halogens is 1. The van der Waals surface area contributed by atoms with E-state index in [9.17, 15) is 14.0 Å². The number of benzene rings is 2. The fraction of sp³-hybridized carbons (Fsp3) is 0.227. The van der Waals surface area contributed by atoms with Crippen LogP contribution in [0.2, 0.25) is 0 Å². The lowest BCUT2D eigenvalue weighted by atomic mass is 9.95. The number of carbonyl (C=O) groups excluding carboxylic acids is 2. The number of para-hydroxylation sites is 1. The monoisotopic (exact) mass is 377 g/mol. The van der Waals surface area contributed by atoms with Gasteiger partial charge in [0.1, 0.15) is 11.3 Å². The van der Waals surface area contributed by atoms with E-state index in [-0.39, 0.29) is 11.6 Å². The molecule has 1 aliphatic rings. The molecule has 5 nitrogen and oxygen atoms in total. The van der Waals surface area contributed by atoms with Gasteiger partial charge in [-0.1, -0.05) is 42.5 Å². The maximum absolute atomic E-state index is 13.7. The molecule has 0 radical (unpaired) electrons. The SMILES string of the molecule is O=C(Nc1cnc2c(F)cccc2c1)C(=O)N1CCCC[C@H]1c1ccccc1. The number of amides is 2. The summed E-state index contributed by atoms with van der Waals surface area (Å²) in [6.07, 6.45) is 4.09. The molecule has 0 saturated carbocycles. The largest absolute Gasteiger partial charge is 0.327 e. The Labute approximate surface area is 162 Å². The summed E-state index contributed by atoms with van der Waals surface area (Å²) in [5.41, 5.74) is 1.63. The molecular formula is C22H20FN3O2. The van der Waals surface area contributed by atoms with Gasteiger partial charge in [-0.15, -0.1) is 0 Å². The van der Waals surface area contributed by atoms with Crippen molar-refractivity contribution in [3.8, 4) is 0 Å². The zero-order valence-corrected chi connectivity index (χ0v) is 15.3. The minimum absolute atomic E-state index is 0.1000. The van der Waals surface area contributed by atoms with Gasteiger partial charge in [0.05, 0.1) is 17.9 Å². The van der Waals surface area contributed by atoms with E-state index in [1.54, 1.807) is 23.1 Å². The molecule has 0 unspecified atom stereocenters. The van der Waals surface area contributed by atoms with Crippen LogP contribution in [0.4, 0.5) is 10.1 Å². The molecule has 1 aromatic heterocycles. The van der Waals surface area contributed by atoms with Crippen molar-refractivity contribution in [2.45, 2.75) is 25.3 Å². The smallest absolute Gasteiger partial charge is 0.313 e. The summed E-state index contributed by atoms with van der Waals surface area (Å²) in [4.78, 5) is 31.1. The van der Waals surface area contributed by atoms with Crippen LogP contribution in [0.5, 0.6) is 0 Å². The van der Waals surface area contributed by atoms with Crippen LogP contribution in [0, 0.1) is 5.82 Å². The van der Waals surface area contributed by atoms with Crippen molar-refractivity contribution in [3.63, 3.8) is 0 Å². The molecular weight excluding hydrogens is 357 g/mol. The number of rotatable bonds is 2. The normalized spacial score (nSPS) is 16.8. The second kappa shape index (κ2) is 7.76. The third-order valence-corrected chi connectivity index (χ3v) is 5.06. The summed E-state index contributed by atoms with van der Waals surface area (Å²) in [5.74, 6) is -1.70. The van der Waals surface area contributed by atoms with Crippen molar-refractivity contribution in [1.82, 2.24) is 9.88 Å². The van der Waals surface area contributed by atoms with Gasteiger partial charge in [-0.3, -0.25) is 14.6 Å². The molecule has 0 spiro atoms. The molecule has 0 aliphatic carbocycles. The first-order chi connectivity index (χ1) is 13.6. The Hall–Kier alpha value is -3.28. The lowest BCUT2D eigenvalue weighted by molar-refractivity contribution is -0.145. The van der Waals surface area contributed by atoms with Crippen LogP contribution in [0.1, 0.15) is 30.9 Å². The molecule has 2 amide bonds. The number of likely N-dealkylation sites (tertiary alicyclic amines) is 1. The van der Waals surface area contributed by atoms with Gasteiger partial charge in [-0.25, -0.2) is 4.39 Å². The van der Waals surface area contributed by atoms with Gasteiger partial charge in [-0.2, -0.15) is 0 Å². The standard InChI is InChI=1S/C22H20FN3O2/c23-18-10-6-9-16-13-17(14-24-20(16)18)25-21(27)22(28)26-12-5-4-11-19(26)15-7-2-1-3-8-15/h1-3,6-10,13-14,19H,4-5,11-12H2,(H,25,27)/t19-/m0/s1. The quantitative estimate of drug-likeness (QED) is 0.685. The Bertz CT molecular complexity index is 1020. The highest BCUT2D eigenvalue weighted by molar-refractivity contribution is 6.39. The van der Waals surface area contributed by atoms with Crippen molar-refractivity contribution in [1.29, 1.82) is 0 Å². The average molecular weight is 377 g/mol. The molecule has 142 valence electrons. The van der Waals surface area contributed by atoms with Crippen molar-refractivity contribution in [2.24, 2.45) is 0 Å². The van der Waals surface area contributed by atoms with E-state index in [4.69, 9.17) is 0 Å². The molecule has 1 aliphatic heterocycles. The molecule has 1 saturated heterocycles. The molecule has 0 bridgehead atoms. The maximum atomic E-state index is 13.7. The van der Waals surface area contributed by atoms with Gasteiger partial charge < -0.3 is 10.2 Å². The van der Waals surface area contributed by atoms with Crippen LogP contribution in [0.15, 0.2) is 60.8 Å². The van der Waals surface area contributed by atoms with Gasteiger partial charge in [0.15, 0.2) is 0 Å². The topological polar surface area (TPSA) is 62.3 Å². The summed E-state index contributed by atoms with van der Waals surface area (Å²) in [7, 11) is 0. The Balaban J connectivity index is 1.53. The van der Waals surface area contributed by atoms with Gasteiger partial charge in [0.25, 0.3) is 0 Å². The minimum Gasteiger partial charge on any atom is -0.327 e. The maximum Gasteiger partial charge on any atom is 0.313 e. The summed E-state index contributed by atoms with van der Waals surface area (Å²) in [5, 5.41) is 3.17. The molecule has 28 heavy (non-hydrogen) atoms. The van der Waals surface area contributed by atoms with Crippen LogP contribution in [0.3, 0.4) is 0 Å². The first kappa shape index (κ1) is 18.1. The number of piperidine rings is 1. The molecule has 3 aromatic rings. The number of pyridine rings is 1. The van der Waals surface area contributed by atoms with E-state index < -0.39 is 17.6 Å². The van der Waals surface area contributed by atoms with Crippen LogP contribution < -0.4 is 5.32 Å². The highest BCUT2D eigenvalue weighted by Crippen LogP contribution is 2.31. The van der Waals surface area contributed by atoms with Gasteiger partial charge in [-0.05, 0) is 37.0 Å². The lowest BCUT2D eigenvalue weighted by Gasteiger charge is -2.35. The third kappa shape index (κ3) is 3.58. The molecule has 6 heteroatoms. The first-order valence-corrected chi connectivity index (χ1v) is 9.34. The van der Waals surface area contributed by atoms with E-state index in [0.29, 0.717) is 17.6 Å². The van der Waals surface area contributed by atoms with Crippen LogP contribution in [0.25, 0.3) is 10.9 Å². The van der Waals surface area contributed by atoms with E-state index in [2.05, 4.69) is 10.3 Å². The summed E-state index contributed by atoms with van der Waals surface area (Å²) in [6, 6.07) is 15.9. The molecule has 4 rings (SSSR count). The van der Waals surface area contributed by atoms with Gasteiger partial charge in [0, 0.05) is 11.9 Å². The molecule has 2 heterocycles. The number of fused-ring (bicyclic) bond motifs is 1. The Morgan fingerprint density at radius 1 is 1.07 bits per heavy atom. The fourth-order valence-electron chi connectivity index (χ4n) is 3.70. The van der Waals surface area contributed by atoms with Crippen molar-refractivity contribution in [3.05, 3.63) is 72.2 Å². The summed E-state index contributed by atoms with van der Waals surface area (Å²) >= 11 is 0. The van der Waals surface area contributed by atoms with E-state index in [1.165, 1.54) is 12.3 Å². The first-order valence-electron chi connectivity index (χ1n) is 9.34. The lowest BCUT2D eigenvalue weighted by Crippen LogP contribution is -2.44. The molecule has 1 atom stereocenters. The zero-order valence-electron chi connectivity index (χ0n) is 15.3. The van der Waals surface area contributed by atoms with E-state index >= 15 is 0 Å². The van der Waals surface area contributed by atoms with Crippen LogP contribution in [-0.2, 0) is 9.59 Å². The van der Waals surface area contributed by atoms with Crippen molar-refractivity contribution < 1.29 is 14.0 Å². The van der Waals surface area contributed by atoms with Gasteiger partial charge >= 0.3 is 11.8 Å². The number of nitrogens with zero attached hydrogens (tertiary/aromatic N) is 2. The van der Waals surface area contributed by atoms with E-state index in [0.717, 1.165) is 24.8 Å². The Morgan fingerprint density at radius 2 is 1.89 bits per heavy atom. The predicted molar refractivity (Wildman–Crippen MR) is 105 cm³/mol. The number of hydrogen-bond donors (Lipinski definition) is 1. The minimum atomic E-state index is -0.708.